The number of ether oxygens (including phenoxy) is 1. The molecule has 0 aliphatic carbocycles. The molecular weight excluding hydrogens is 228 g/mol. The Morgan fingerprint density at radius 3 is 2.72 bits per heavy atom. The van der Waals surface area contributed by atoms with Gasteiger partial charge < -0.3 is 9.84 Å². The second-order valence-electron chi connectivity index (χ2n) is 5.04. The number of hydrogen-bond donors (Lipinski definition) is 1. The molecular formula is C15H20O3. The summed E-state index contributed by atoms with van der Waals surface area (Å²) < 4.78 is 5.30. The fraction of sp³-hybridized carbons (Fsp3) is 0.400. The van der Waals surface area contributed by atoms with Crippen molar-refractivity contribution in [3.8, 4) is 0 Å². The predicted octanol–water partition coefficient (Wildman–Crippen LogP) is 3.04. The molecule has 0 fully saturated rings. The van der Waals surface area contributed by atoms with Crippen molar-refractivity contribution < 1.29 is 14.6 Å². The molecule has 0 unspecified atom stereocenters. The maximum atomic E-state index is 11.9. The van der Waals surface area contributed by atoms with Crippen LogP contribution < -0.4 is 0 Å². The van der Waals surface area contributed by atoms with Crippen LogP contribution >= 0.6 is 0 Å². The Hall–Kier alpha value is -1.61. The molecule has 0 saturated heterocycles. The molecule has 1 rings (SSSR count). The van der Waals surface area contributed by atoms with E-state index in [1.807, 2.05) is 45.1 Å². The lowest BCUT2D eigenvalue weighted by molar-refractivity contribution is 0.00695. The first kappa shape index (κ1) is 14.5. The lowest BCUT2D eigenvalue weighted by atomic mass is 10.1. The number of aliphatic hydroxyl groups excluding tert-OH is 1. The van der Waals surface area contributed by atoms with Crippen LogP contribution in [0.2, 0.25) is 0 Å². The van der Waals surface area contributed by atoms with Crippen molar-refractivity contribution in [1.82, 2.24) is 0 Å². The van der Waals surface area contributed by atoms with Crippen LogP contribution in [-0.4, -0.2) is 23.3 Å². The van der Waals surface area contributed by atoms with Gasteiger partial charge in [-0.25, -0.2) is 4.79 Å². The van der Waals surface area contributed by atoms with Gasteiger partial charge in [0.2, 0.25) is 0 Å². The van der Waals surface area contributed by atoms with Gasteiger partial charge >= 0.3 is 5.97 Å². The number of aliphatic hydroxyl groups is 1. The van der Waals surface area contributed by atoms with E-state index >= 15 is 0 Å². The molecule has 0 radical (unpaired) electrons. The van der Waals surface area contributed by atoms with Gasteiger partial charge in [-0.05, 0) is 44.9 Å². The van der Waals surface area contributed by atoms with E-state index in [4.69, 9.17) is 9.84 Å². The molecule has 1 aromatic carbocycles. The van der Waals surface area contributed by atoms with Gasteiger partial charge in [0.15, 0.2) is 0 Å². The summed E-state index contributed by atoms with van der Waals surface area (Å²) in [5, 5.41) is 8.69. The van der Waals surface area contributed by atoms with E-state index in [0.29, 0.717) is 12.0 Å². The van der Waals surface area contributed by atoms with Gasteiger partial charge in [-0.1, -0.05) is 24.3 Å². The summed E-state index contributed by atoms with van der Waals surface area (Å²) in [6.07, 6.45) is 4.36. The predicted molar refractivity (Wildman–Crippen MR) is 72.3 cm³/mol. The van der Waals surface area contributed by atoms with Crippen molar-refractivity contribution in [2.45, 2.75) is 32.8 Å². The minimum atomic E-state index is -0.486. The highest BCUT2D eigenvalue weighted by atomic mass is 16.6. The van der Waals surface area contributed by atoms with E-state index in [9.17, 15) is 4.79 Å². The van der Waals surface area contributed by atoms with Crippen LogP contribution in [0.15, 0.2) is 30.3 Å². The quantitative estimate of drug-likeness (QED) is 0.833. The molecule has 0 saturated carbocycles. The molecule has 98 valence electrons. The fourth-order valence-electron chi connectivity index (χ4n) is 1.40. The zero-order valence-corrected chi connectivity index (χ0v) is 11.1. The molecule has 0 bridgehead atoms. The van der Waals surface area contributed by atoms with E-state index in [-0.39, 0.29) is 12.6 Å². The zero-order chi connectivity index (χ0) is 13.6. The van der Waals surface area contributed by atoms with Crippen LogP contribution in [0.25, 0.3) is 6.08 Å². The Balaban J connectivity index is 2.78. The molecule has 0 spiro atoms. The number of hydrogen-bond acceptors (Lipinski definition) is 3. The Morgan fingerprint density at radius 2 is 2.11 bits per heavy atom. The van der Waals surface area contributed by atoms with Crippen molar-refractivity contribution in [3.63, 3.8) is 0 Å². The Labute approximate surface area is 108 Å². The molecule has 1 N–H and O–H groups in total. The molecule has 18 heavy (non-hydrogen) atoms. The maximum Gasteiger partial charge on any atom is 0.338 e. The lowest BCUT2D eigenvalue weighted by Gasteiger charge is -2.19. The van der Waals surface area contributed by atoms with Gasteiger partial charge in [-0.2, -0.15) is 0 Å². The van der Waals surface area contributed by atoms with Crippen molar-refractivity contribution in [1.29, 1.82) is 0 Å². The highest BCUT2D eigenvalue weighted by Crippen LogP contribution is 2.14. The van der Waals surface area contributed by atoms with Crippen molar-refractivity contribution in [3.05, 3.63) is 41.5 Å². The van der Waals surface area contributed by atoms with Crippen LogP contribution in [0.5, 0.6) is 0 Å². The highest BCUT2D eigenvalue weighted by molar-refractivity contribution is 5.90. The average molecular weight is 248 g/mol. The first-order chi connectivity index (χ1) is 8.42. The third-order valence-corrected chi connectivity index (χ3v) is 2.13. The topological polar surface area (TPSA) is 46.5 Å². The van der Waals surface area contributed by atoms with E-state index < -0.39 is 5.60 Å². The van der Waals surface area contributed by atoms with Crippen LogP contribution in [0.4, 0.5) is 0 Å². The molecule has 0 atom stereocenters. The smallest absolute Gasteiger partial charge is 0.338 e. The summed E-state index contributed by atoms with van der Waals surface area (Å²) in [5.41, 5.74) is 0.975. The minimum Gasteiger partial charge on any atom is -0.456 e. The Morgan fingerprint density at radius 1 is 1.39 bits per heavy atom. The molecule has 3 heteroatoms. The highest BCUT2D eigenvalue weighted by Gasteiger charge is 2.17. The van der Waals surface area contributed by atoms with Crippen molar-refractivity contribution in [2.24, 2.45) is 0 Å². The van der Waals surface area contributed by atoms with Crippen LogP contribution in [-0.2, 0) is 4.74 Å². The maximum absolute atomic E-state index is 11.9. The monoisotopic (exact) mass is 248 g/mol. The summed E-state index contributed by atoms with van der Waals surface area (Å²) >= 11 is 0. The van der Waals surface area contributed by atoms with Gasteiger partial charge in [-0.15, -0.1) is 0 Å². The second kappa shape index (κ2) is 6.36. The average Bonchev–Trinajstić information content (AvgIpc) is 2.27. The zero-order valence-electron chi connectivity index (χ0n) is 11.1. The van der Waals surface area contributed by atoms with Crippen molar-refractivity contribution in [2.75, 3.05) is 6.61 Å². The molecule has 1 aromatic rings. The van der Waals surface area contributed by atoms with E-state index in [1.54, 1.807) is 12.1 Å². The lowest BCUT2D eigenvalue weighted by Crippen LogP contribution is -2.23. The normalized spacial score (nSPS) is 11.8. The molecule has 0 aliphatic rings. The first-order valence-electron chi connectivity index (χ1n) is 6.03. The second-order valence-corrected chi connectivity index (χ2v) is 5.04. The number of carbonyl (C=O) groups is 1. The van der Waals surface area contributed by atoms with Crippen LogP contribution in [0.3, 0.4) is 0 Å². The fourth-order valence-corrected chi connectivity index (χ4v) is 1.40. The largest absolute Gasteiger partial charge is 0.456 e. The Bertz CT molecular complexity index is 428. The molecule has 3 nitrogen and oxygen atoms in total. The Kier molecular flexibility index (Phi) is 5.10. The number of benzene rings is 1. The third kappa shape index (κ3) is 5.15. The summed E-state index contributed by atoms with van der Waals surface area (Å²) in [6.45, 7) is 5.66. The molecule has 0 heterocycles. The van der Waals surface area contributed by atoms with Crippen LogP contribution in [0.1, 0.15) is 43.1 Å². The molecule has 0 aliphatic heterocycles. The summed E-state index contributed by atoms with van der Waals surface area (Å²) in [6, 6.07) is 7.24. The van der Waals surface area contributed by atoms with Gasteiger partial charge in [0.25, 0.3) is 0 Å². The number of esters is 1. The van der Waals surface area contributed by atoms with Gasteiger partial charge in [-0.3, -0.25) is 0 Å². The number of rotatable bonds is 4. The minimum absolute atomic E-state index is 0.127. The molecule has 0 amide bonds. The molecule has 0 aromatic heterocycles. The summed E-state index contributed by atoms with van der Waals surface area (Å²) in [4.78, 5) is 11.9. The van der Waals surface area contributed by atoms with Gasteiger partial charge in [0.05, 0.1) is 5.56 Å². The summed E-state index contributed by atoms with van der Waals surface area (Å²) in [7, 11) is 0. The van der Waals surface area contributed by atoms with Gasteiger partial charge in [0, 0.05) is 6.61 Å². The van der Waals surface area contributed by atoms with E-state index in [1.165, 1.54) is 0 Å². The first-order valence-corrected chi connectivity index (χ1v) is 6.03. The van der Waals surface area contributed by atoms with E-state index in [0.717, 1.165) is 5.56 Å². The van der Waals surface area contributed by atoms with Gasteiger partial charge in [0.1, 0.15) is 5.60 Å². The van der Waals surface area contributed by atoms with Crippen molar-refractivity contribution >= 4 is 12.0 Å². The SMILES string of the molecule is CC(C)(C)OC(=O)c1cccc(C=CCCO)c1. The summed E-state index contributed by atoms with van der Waals surface area (Å²) in [5.74, 6) is -0.320. The third-order valence-electron chi connectivity index (χ3n) is 2.13. The standard InChI is InChI=1S/C15H20O3/c1-15(2,3)18-14(17)13-9-6-8-12(11-13)7-4-5-10-16/h4,6-9,11,16H,5,10H2,1-3H3. The number of carbonyl (C=O) groups excluding carboxylic acids is 1. The van der Waals surface area contributed by atoms with Crippen LogP contribution in [0, 0.1) is 0 Å². The van der Waals surface area contributed by atoms with E-state index in [2.05, 4.69) is 0 Å².